The lowest BCUT2D eigenvalue weighted by molar-refractivity contribution is -0.00788. The number of rotatable bonds is 4. The second kappa shape index (κ2) is 7.58. The second-order valence-electron chi connectivity index (χ2n) is 7.71. The Morgan fingerprint density at radius 1 is 1.38 bits per heavy atom. The van der Waals surface area contributed by atoms with Crippen LogP contribution in [-0.4, -0.2) is 79.3 Å². The topological polar surface area (TPSA) is 54.9 Å². The molecule has 0 bridgehead atoms. The van der Waals surface area contributed by atoms with Gasteiger partial charge in [0.05, 0.1) is 25.4 Å². The van der Waals surface area contributed by atoms with Crippen molar-refractivity contribution in [3.63, 3.8) is 0 Å². The molecule has 142 valence electrons. The van der Waals surface area contributed by atoms with Crippen LogP contribution >= 0.6 is 0 Å². The summed E-state index contributed by atoms with van der Waals surface area (Å²) in [5.41, 5.74) is 0.333. The maximum atomic E-state index is 13.4. The van der Waals surface area contributed by atoms with Crippen molar-refractivity contribution in [3.8, 4) is 0 Å². The third-order valence-corrected chi connectivity index (χ3v) is 5.97. The average Bonchev–Trinajstić information content (AvgIpc) is 3.24. The molecule has 4 rings (SSSR count). The summed E-state index contributed by atoms with van der Waals surface area (Å²) < 4.78 is 25.3. The van der Waals surface area contributed by atoms with Crippen LogP contribution in [0.1, 0.15) is 23.2 Å². The highest BCUT2D eigenvalue weighted by Gasteiger charge is 2.48. The molecule has 1 amide bonds. The summed E-state index contributed by atoms with van der Waals surface area (Å²) in [7, 11) is 2.15. The molecule has 3 aliphatic heterocycles. The molecule has 26 heavy (non-hydrogen) atoms. The first-order valence-electron chi connectivity index (χ1n) is 9.42. The molecule has 4 heterocycles. The predicted octanol–water partition coefficient (Wildman–Crippen LogP) is 1.42. The fourth-order valence-electron chi connectivity index (χ4n) is 4.30. The first-order chi connectivity index (χ1) is 12.6. The second-order valence-corrected chi connectivity index (χ2v) is 7.71. The molecule has 0 aliphatic carbocycles. The van der Waals surface area contributed by atoms with Crippen LogP contribution in [-0.2, 0) is 9.47 Å². The van der Waals surface area contributed by atoms with Crippen molar-refractivity contribution in [2.75, 3.05) is 46.5 Å². The van der Waals surface area contributed by atoms with Gasteiger partial charge in [0.25, 0.3) is 5.91 Å². The van der Waals surface area contributed by atoms with Crippen molar-refractivity contribution in [1.29, 1.82) is 0 Å². The first kappa shape index (κ1) is 17.8. The van der Waals surface area contributed by atoms with Gasteiger partial charge in [0, 0.05) is 36.9 Å². The summed E-state index contributed by atoms with van der Waals surface area (Å²) >= 11 is 0. The average molecular weight is 363 g/mol. The molecule has 1 aromatic rings. The van der Waals surface area contributed by atoms with Crippen molar-refractivity contribution in [3.05, 3.63) is 29.8 Å². The largest absolute Gasteiger partial charge is 0.379 e. The molecule has 0 spiro atoms. The van der Waals surface area contributed by atoms with Gasteiger partial charge in [-0.2, -0.15) is 4.39 Å². The molecule has 7 heteroatoms. The number of hydrogen-bond acceptors (Lipinski definition) is 5. The van der Waals surface area contributed by atoms with Crippen LogP contribution in [0, 0.1) is 17.8 Å². The van der Waals surface area contributed by atoms with E-state index in [0.29, 0.717) is 31.2 Å². The van der Waals surface area contributed by atoms with E-state index < -0.39 is 5.95 Å². The Balaban J connectivity index is 1.40. The predicted molar refractivity (Wildman–Crippen MR) is 93.3 cm³/mol. The zero-order chi connectivity index (χ0) is 18.1. The van der Waals surface area contributed by atoms with Gasteiger partial charge < -0.3 is 19.3 Å². The summed E-state index contributed by atoms with van der Waals surface area (Å²) in [5, 5.41) is 0. The van der Waals surface area contributed by atoms with Gasteiger partial charge in [-0.25, -0.2) is 4.98 Å². The molecular weight excluding hydrogens is 337 g/mol. The number of likely N-dealkylation sites (tertiary alicyclic amines) is 2. The van der Waals surface area contributed by atoms with E-state index in [0.717, 1.165) is 32.5 Å². The number of carbonyl (C=O) groups is 1. The van der Waals surface area contributed by atoms with Crippen LogP contribution in [0.5, 0.6) is 0 Å². The van der Waals surface area contributed by atoms with Crippen LogP contribution in [0.15, 0.2) is 18.3 Å². The zero-order valence-electron chi connectivity index (χ0n) is 15.1. The molecule has 3 aliphatic rings. The van der Waals surface area contributed by atoms with Crippen LogP contribution in [0.4, 0.5) is 4.39 Å². The van der Waals surface area contributed by atoms with Crippen molar-refractivity contribution in [1.82, 2.24) is 14.8 Å². The minimum absolute atomic E-state index is 0.00205. The summed E-state index contributed by atoms with van der Waals surface area (Å²) in [5.74, 6) is -0.00978. The van der Waals surface area contributed by atoms with Crippen molar-refractivity contribution >= 4 is 5.91 Å². The van der Waals surface area contributed by atoms with E-state index in [1.807, 2.05) is 0 Å². The smallest absolute Gasteiger partial charge is 0.254 e. The highest BCUT2D eigenvalue weighted by Crippen LogP contribution is 2.34. The lowest BCUT2D eigenvalue weighted by atomic mass is 9.97. The summed E-state index contributed by atoms with van der Waals surface area (Å²) in [4.78, 5) is 20.5. The quantitative estimate of drug-likeness (QED) is 0.758. The molecule has 1 aromatic heterocycles. The monoisotopic (exact) mass is 363 g/mol. The third kappa shape index (κ3) is 3.61. The van der Waals surface area contributed by atoms with Crippen molar-refractivity contribution < 1.29 is 18.7 Å². The maximum Gasteiger partial charge on any atom is 0.254 e. The fourth-order valence-corrected chi connectivity index (χ4v) is 4.30. The Morgan fingerprint density at radius 2 is 2.19 bits per heavy atom. The molecule has 6 nitrogen and oxygen atoms in total. The van der Waals surface area contributed by atoms with Crippen LogP contribution in [0.2, 0.25) is 0 Å². The molecule has 0 unspecified atom stereocenters. The van der Waals surface area contributed by atoms with E-state index in [9.17, 15) is 9.18 Å². The molecule has 0 radical (unpaired) electrons. The molecule has 3 saturated heterocycles. The first-order valence-corrected chi connectivity index (χ1v) is 9.42. The SMILES string of the molecule is CN1CCC(CO[C@@H]2CN(C(=O)c3ccnc(F)c3)[C@@H]3COC[C@@H]32)CC1. The number of amides is 1. The van der Waals surface area contributed by atoms with E-state index in [-0.39, 0.29) is 24.0 Å². The van der Waals surface area contributed by atoms with Gasteiger partial charge in [0.15, 0.2) is 0 Å². The molecule has 0 aromatic carbocycles. The highest BCUT2D eigenvalue weighted by molar-refractivity contribution is 5.94. The van der Waals surface area contributed by atoms with Crippen molar-refractivity contribution in [2.24, 2.45) is 11.8 Å². The molecule has 3 fully saturated rings. The summed E-state index contributed by atoms with van der Waals surface area (Å²) in [6.45, 7) is 4.68. The van der Waals surface area contributed by atoms with Crippen LogP contribution in [0.3, 0.4) is 0 Å². The Labute approximate surface area is 153 Å². The van der Waals surface area contributed by atoms with Crippen LogP contribution < -0.4 is 0 Å². The van der Waals surface area contributed by atoms with Gasteiger partial charge in [-0.05, 0) is 45.0 Å². The van der Waals surface area contributed by atoms with E-state index in [2.05, 4.69) is 16.9 Å². The number of carbonyl (C=O) groups excluding carboxylic acids is 1. The van der Waals surface area contributed by atoms with E-state index in [1.165, 1.54) is 12.3 Å². The Kier molecular flexibility index (Phi) is 5.20. The van der Waals surface area contributed by atoms with E-state index in [4.69, 9.17) is 9.47 Å². The minimum atomic E-state index is -0.635. The fraction of sp³-hybridized carbons (Fsp3) is 0.684. The van der Waals surface area contributed by atoms with Crippen molar-refractivity contribution in [2.45, 2.75) is 25.0 Å². The number of aromatic nitrogens is 1. The van der Waals surface area contributed by atoms with Gasteiger partial charge in [-0.3, -0.25) is 4.79 Å². The molecule has 0 saturated carbocycles. The van der Waals surface area contributed by atoms with Gasteiger partial charge in [0.1, 0.15) is 0 Å². The van der Waals surface area contributed by atoms with Gasteiger partial charge in [-0.15, -0.1) is 0 Å². The summed E-state index contributed by atoms with van der Waals surface area (Å²) in [6.07, 6.45) is 3.65. The number of nitrogens with zero attached hydrogens (tertiary/aromatic N) is 3. The van der Waals surface area contributed by atoms with Gasteiger partial charge in [0.2, 0.25) is 5.95 Å². The van der Waals surface area contributed by atoms with E-state index >= 15 is 0 Å². The maximum absolute atomic E-state index is 13.4. The number of ether oxygens (including phenoxy) is 2. The standard InChI is InChI=1S/C19H26FN3O3/c1-22-6-3-13(4-7-22)10-26-17-9-23(16-12-25-11-15(16)17)19(24)14-2-5-21-18(20)8-14/h2,5,8,13,15-17H,3-4,6-7,9-12H2,1H3/t15-,16+,17+/m0/s1. The Morgan fingerprint density at radius 3 is 2.96 bits per heavy atom. The van der Waals surface area contributed by atoms with Crippen LogP contribution in [0.25, 0.3) is 0 Å². The van der Waals surface area contributed by atoms with Gasteiger partial charge >= 0.3 is 0 Å². The zero-order valence-corrected chi connectivity index (χ0v) is 15.1. The number of piperidine rings is 1. The number of halogens is 1. The number of pyridine rings is 1. The number of hydrogen-bond donors (Lipinski definition) is 0. The lowest BCUT2D eigenvalue weighted by Gasteiger charge is -2.30. The highest BCUT2D eigenvalue weighted by atomic mass is 19.1. The van der Waals surface area contributed by atoms with Gasteiger partial charge in [-0.1, -0.05) is 0 Å². The molecule has 0 N–H and O–H groups in total. The Hall–Kier alpha value is -1.57. The lowest BCUT2D eigenvalue weighted by Crippen LogP contribution is -2.38. The number of fused-ring (bicyclic) bond motifs is 1. The molecular formula is C19H26FN3O3. The minimum Gasteiger partial charge on any atom is -0.379 e. The normalized spacial score (nSPS) is 29.9. The third-order valence-electron chi connectivity index (χ3n) is 5.97. The summed E-state index contributed by atoms with van der Waals surface area (Å²) in [6, 6.07) is 2.77. The Bertz CT molecular complexity index is 651. The van der Waals surface area contributed by atoms with E-state index in [1.54, 1.807) is 11.0 Å². The molecule has 3 atom stereocenters.